The maximum atomic E-state index is 11.1. The van der Waals surface area contributed by atoms with Crippen LogP contribution in [0.1, 0.15) is 6.92 Å². The number of amides is 1. The molecule has 0 unspecified atom stereocenters. The number of hydrogen-bond acceptors (Lipinski definition) is 2. The fourth-order valence-corrected chi connectivity index (χ4v) is 1.63. The summed E-state index contributed by atoms with van der Waals surface area (Å²) in [4.78, 5) is 11.1. The van der Waals surface area contributed by atoms with Gasteiger partial charge in [-0.2, -0.15) is 0 Å². The Morgan fingerprint density at radius 3 is 2.00 bits per heavy atom. The standard InChI is InChI=1S/C14H14N2O/c1-11(17)16(15)14-9-7-13(8-10-14)12-5-3-2-4-6-12/h2-10H,15H2,1H3. The van der Waals surface area contributed by atoms with Crippen LogP contribution in [0, 0.1) is 0 Å². The molecule has 0 aliphatic carbocycles. The second kappa shape index (κ2) is 4.80. The lowest BCUT2D eigenvalue weighted by molar-refractivity contribution is -0.116. The Balaban J connectivity index is 2.28. The van der Waals surface area contributed by atoms with Crippen molar-refractivity contribution in [3.05, 3.63) is 54.6 Å². The van der Waals surface area contributed by atoms with Gasteiger partial charge in [0.1, 0.15) is 0 Å². The lowest BCUT2D eigenvalue weighted by atomic mass is 10.1. The molecule has 2 aromatic rings. The van der Waals surface area contributed by atoms with E-state index in [1.54, 1.807) is 0 Å². The van der Waals surface area contributed by atoms with Crippen molar-refractivity contribution in [2.75, 3.05) is 5.01 Å². The monoisotopic (exact) mass is 226 g/mol. The average molecular weight is 226 g/mol. The van der Waals surface area contributed by atoms with Crippen LogP contribution in [0.4, 0.5) is 5.69 Å². The lowest BCUT2D eigenvalue weighted by Crippen LogP contribution is -2.35. The summed E-state index contributed by atoms with van der Waals surface area (Å²) in [5, 5.41) is 1.13. The fraction of sp³-hybridized carbons (Fsp3) is 0.0714. The first-order valence-electron chi connectivity index (χ1n) is 5.39. The van der Waals surface area contributed by atoms with Crippen molar-refractivity contribution >= 4 is 11.6 Å². The Labute approximate surface area is 100 Å². The Kier molecular flexibility index (Phi) is 3.21. The van der Waals surface area contributed by atoms with Crippen LogP contribution in [0.25, 0.3) is 11.1 Å². The summed E-state index contributed by atoms with van der Waals surface area (Å²) in [7, 11) is 0. The van der Waals surface area contributed by atoms with Gasteiger partial charge in [-0.15, -0.1) is 0 Å². The SMILES string of the molecule is CC(=O)N(N)c1ccc(-c2ccccc2)cc1. The number of anilines is 1. The van der Waals surface area contributed by atoms with Gasteiger partial charge < -0.3 is 0 Å². The zero-order valence-electron chi connectivity index (χ0n) is 9.63. The van der Waals surface area contributed by atoms with E-state index in [0.717, 1.165) is 16.1 Å². The highest BCUT2D eigenvalue weighted by molar-refractivity contribution is 5.90. The molecule has 0 saturated carbocycles. The molecule has 3 nitrogen and oxygen atoms in total. The molecule has 17 heavy (non-hydrogen) atoms. The maximum Gasteiger partial charge on any atom is 0.238 e. The molecule has 0 atom stereocenters. The van der Waals surface area contributed by atoms with Crippen molar-refractivity contribution in [3.63, 3.8) is 0 Å². The number of hydrazine groups is 1. The van der Waals surface area contributed by atoms with Gasteiger partial charge >= 0.3 is 0 Å². The van der Waals surface area contributed by atoms with Gasteiger partial charge in [-0.1, -0.05) is 42.5 Å². The molecule has 0 saturated heterocycles. The van der Waals surface area contributed by atoms with Gasteiger partial charge in [0.25, 0.3) is 0 Å². The van der Waals surface area contributed by atoms with Gasteiger partial charge in [-0.25, -0.2) is 10.9 Å². The number of nitrogens with zero attached hydrogens (tertiary/aromatic N) is 1. The number of carbonyl (C=O) groups is 1. The van der Waals surface area contributed by atoms with Gasteiger partial charge in [0.15, 0.2) is 0 Å². The van der Waals surface area contributed by atoms with E-state index in [9.17, 15) is 4.79 Å². The Bertz CT molecular complexity index is 506. The zero-order chi connectivity index (χ0) is 12.3. The van der Waals surface area contributed by atoms with E-state index in [0.29, 0.717) is 5.69 Å². The highest BCUT2D eigenvalue weighted by Crippen LogP contribution is 2.21. The summed E-state index contributed by atoms with van der Waals surface area (Å²) < 4.78 is 0. The molecule has 0 aromatic heterocycles. The molecule has 2 rings (SSSR count). The maximum absolute atomic E-state index is 11.1. The van der Waals surface area contributed by atoms with Crippen LogP contribution >= 0.6 is 0 Å². The third-order valence-electron chi connectivity index (χ3n) is 2.59. The van der Waals surface area contributed by atoms with Gasteiger partial charge in [0, 0.05) is 6.92 Å². The van der Waals surface area contributed by atoms with Crippen LogP contribution < -0.4 is 10.9 Å². The molecule has 0 radical (unpaired) electrons. The van der Waals surface area contributed by atoms with E-state index in [4.69, 9.17) is 5.84 Å². The van der Waals surface area contributed by atoms with E-state index in [1.165, 1.54) is 6.92 Å². The quantitative estimate of drug-likeness (QED) is 0.486. The average Bonchev–Trinajstić information content (AvgIpc) is 2.39. The fourth-order valence-electron chi connectivity index (χ4n) is 1.63. The number of nitrogens with two attached hydrogens (primary N) is 1. The van der Waals surface area contributed by atoms with Crippen molar-refractivity contribution in [1.82, 2.24) is 0 Å². The largest absolute Gasteiger partial charge is 0.273 e. The number of hydrogen-bond donors (Lipinski definition) is 1. The summed E-state index contributed by atoms with van der Waals surface area (Å²) in [6.07, 6.45) is 0. The molecule has 3 heteroatoms. The van der Waals surface area contributed by atoms with E-state index in [-0.39, 0.29) is 5.91 Å². The first-order valence-corrected chi connectivity index (χ1v) is 5.39. The topological polar surface area (TPSA) is 46.3 Å². The van der Waals surface area contributed by atoms with Crippen molar-refractivity contribution < 1.29 is 4.79 Å². The van der Waals surface area contributed by atoms with Gasteiger partial charge in [0.2, 0.25) is 5.91 Å². The zero-order valence-corrected chi connectivity index (χ0v) is 9.63. The second-order valence-electron chi connectivity index (χ2n) is 3.80. The molecule has 0 aliphatic rings. The van der Waals surface area contributed by atoms with Crippen molar-refractivity contribution in [2.24, 2.45) is 5.84 Å². The third-order valence-corrected chi connectivity index (χ3v) is 2.59. The van der Waals surface area contributed by atoms with Gasteiger partial charge in [-0.3, -0.25) is 4.79 Å². The molecule has 0 heterocycles. The minimum absolute atomic E-state index is 0.183. The predicted octanol–water partition coefficient (Wildman–Crippen LogP) is 2.58. The van der Waals surface area contributed by atoms with Crippen LogP contribution in [-0.4, -0.2) is 5.91 Å². The Morgan fingerprint density at radius 1 is 0.941 bits per heavy atom. The molecule has 86 valence electrons. The molecular formula is C14H14N2O. The molecule has 2 aromatic carbocycles. The number of rotatable bonds is 2. The van der Waals surface area contributed by atoms with Crippen LogP contribution in [-0.2, 0) is 4.79 Å². The molecule has 0 aliphatic heterocycles. The molecular weight excluding hydrogens is 212 g/mol. The van der Waals surface area contributed by atoms with Gasteiger partial charge in [0.05, 0.1) is 5.69 Å². The van der Waals surface area contributed by atoms with Crippen LogP contribution in [0.2, 0.25) is 0 Å². The predicted molar refractivity (Wildman–Crippen MR) is 69.2 cm³/mol. The Morgan fingerprint density at radius 2 is 1.47 bits per heavy atom. The summed E-state index contributed by atoms with van der Waals surface area (Å²) in [5.74, 6) is 5.43. The van der Waals surface area contributed by atoms with E-state index < -0.39 is 0 Å². The van der Waals surface area contributed by atoms with E-state index >= 15 is 0 Å². The summed E-state index contributed by atoms with van der Waals surface area (Å²) in [6, 6.07) is 17.6. The van der Waals surface area contributed by atoms with Gasteiger partial charge in [-0.05, 0) is 23.3 Å². The summed E-state index contributed by atoms with van der Waals surface area (Å²) in [5.41, 5.74) is 2.94. The van der Waals surface area contributed by atoms with Crippen LogP contribution in [0.3, 0.4) is 0 Å². The molecule has 1 amide bonds. The minimum Gasteiger partial charge on any atom is -0.273 e. The highest BCUT2D eigenvalue weighted by atomic mass is 16.2. The second-order valence-corrected chi connectivity index (χ2v) is 3.80. The first kappa shape index (κ1) is 11.4. The summed E-state index contributed by atoms with van der Waals surface area (Å²) >= 11 is 0. The highest BCUT2D eigenvalue weighted by Gasteiger charge is 2.05. The van der Waals surface area contributed by atoms with Crippen LogP contribution in [0.15, 0.2) is 54.6 Å². The lowest BCUT2D eigenvalue weighted by Gasteiger charge is -2.14. The van der Waals surface area contributed by atoms with Crippen molar-refractivity contribution in [2.45, 2.75) is 6.92 Å². The molecule has 0 bridgehead atoms. The van der Waals surface area contributed by atoms with Crippen molar-refractivity contribution in [3.8, 4) is 11.1 Å². The molecule has 2 N–H and O–H groups in total. The summed E-state index contributed by atoms with van der Waals surface area (Å²) in [6.45, 7) is 1.44. The van der Waals surface area contributed by atoms with Crippen molar-refractivity contribution in [1.29, 1.82) is 0 Å². The van der Waals surface area contributed by atoms with Crippen LogP contribution in [0.5, 0.6) is 0 Å². The van der Waals surface area contributed by atoms with E-state index in [2.05, 4.69) is 0 Å². The first-order chi connectivity index (χ1) is 8.18. The minimum atomic E-state index is -0.183. The number of carbonyl (C=O) groups excluding carboxylic acids is 1. The smallest absolute Gasteiger partial charge is 0.238 e. The molecule has 0 fully saturated rings. The number of benzene rings is 2. The Hall–Kier alpha value is -2.13. The normalized spacial score (nSPS) is 10.0. The third kappa shape index (κ3) is 2.52. The van der Waals surface area contributed by atoms with E-state index in [1.807, 2.05) is 54.6 Å². The molecule has 0 spiro atoms.